The van der Waals surface area contributed by atoms with Crippen molar-refractivity contribution in [2.45, 2.75) is 237 Å². The third kappa shape index (κ3) is 27.3. The Kier molecular flexibility index (Phi) is 32.5. The van der Waals surface area contributed by atoms with Crippen LogP contribution in [0, 0.1) is 23.7 Å². The highest BCUT2D eigenvalue weighted by Crippen LogP contribution is 2.43. The van der Waals surface area contributed by atoms with Gasteiger partial charge < -0.3 is 96.6 Å². The molecule has 12 rings (SSSR count). The number of rotatable bonds is 24. The van der Waals surface area contributed by atoms with E-state index in [4.69, 9.17) is 80.9 Å². The van der Waals surface area contributed by atoms with E-state index in [0.717, 1.165) is 24.0 Å². The Bertz CT molecular complexity index is 4440. The van der Waals surface area contributed by atoms with Crippen molar-refractivity contribution in [2.75, 3.05) is 92.5 Å². The Balaban J connectivity index is 0.000000220. The number of alkyl carbamates (subject to hydrolysis) is 2. The number of sulfonamides is 2. The zero-order valence-electron chi connectivity index (χ0n) is 72.2. The van der Waals surface area contributed by atoms with Crippen LogP contribution in [-0.2, 0) is 89.8 Å². The van der Waals surface area contributed by atoms with Gasteiger partial charge >= 0.3 is 30.5 Å². The van der Waals surface area contributed by atoms with Crippen LogP contribution in [0.5, 0.6) is 34.5 Å². The lowest BCUT2D eigenvalue weighted by molar-refractivity contribution is -0.116. The van der Waals surface area contributed by atoms with Gasteiger partial charge in [0.25, 0.3) is 5.91 Å². The van der Waals surface area contributed by atoms with Crippen molar-refractivity contribution in [1.82, 2.24) is 29.0 Å². The van der Waals surface area contributed by atoms with Gasteiger partial charge in [-0.15, -0.1) is 5.11 Å². The van der Waals surface area contributed by atoms with Crippen LogP contribution in [0.25, 0.3) is 0 Å². The fourth-order valence-electron chi connectivity index (χ4n) is 14.6. The second kappa shape index (κ2) is 41.0. The molecule has 0 spiro atoms. The van der Waals surface area contributed by atoms with Crippen LogP contribution in [-0.4, -0.2) is 252 Å². The van der Waals surface area contributed by atoms with E-state index in [9.17, 15) is 50.7 Å². The standard InChI is InChI=1S/C38H53N3O12S.C31H40N2O10S.C7H12N2O3.C7H15NO3/c1-24(2)20-40(54(44,45)27-12-13-30-31(19-27)50-23-49-30)21-32-29(18-25-8-10-26(11-9-25)46-17-15-39-35(42)53-37(3,4)5)41(38(6,7)52-32)36(43)51-33-22-48-34-28(33)14-16-47-34;1-19(2)15-32(44(36,37)22-9-10-25-26(14-22)41-18-40-25)16-27-24(13-20-5-7-21(34)8-6-20)33(31(3,4)43-27)30(35)42-28-17-39-29-23(28)11-12-38-29;1-5(10)8-9-6(11)12-7(2,3)4;1-7(2,3)11-6(10)8-4-5-9/h8-13,19,24,28-29,32-34H,14-18,20-23H2,1-7H3,(H,39,42);5-10,14,19,23-24,27-29,34H,11-13,15-18H2,1-4H3;1-4H3;9H,4-5H2,1-3H3,(H,8,10)/t28-,29-,32+,33-,34+;23-,24-,27+,28-,29+;;/m00../s1. The van der Waals surface area contributed by atoms with Crippen LogP contribution in [0.2, 0.25) is 0 Å². The zero-order chi connectivity index (χ0) is 88.7. The minimum atomic E-state index is -4.03. The van der Waals surface area contributed by atoms with E-state index in [1.165, 1.54) is 39.8 Å². The van der Waals surface area contributed by atoms with Crippen LogP contribution in [0.15, 0.2) is 105 Å². The van der Waals surface area contributed by atoms with Gasteiger partial charge in [-0.2, -0.15) is 8.61 Å². The van der Waals surface area contributed by atoms with Crippen molar-refractivity contribution in [3.8, 4) is 34.5 Å². The summed E-state index contributed by atoms with van der Waals surface area (Å²) in [4.78, 5) is 75.1. The van der Waals surface area contributed by atoms with E-state index in [1.54, 1.807) is 136 Å². The SMILES string of the molecule is CC(=O)N=NC(=O)OC(C)(C)C.CC(C)(C)OC(=O)NCCO.CC(C)CN(C[C@H]1OC(C)(C)N(C(=O)O[C@H]2CO[C@H]3OCC[C@H]32)[C@H]1Cc1ccc(O)cc1)S(=O)(=O)c1ccc2c(c1)OCO2.CC(C)CN(C[C@H]1OC(C)(C)N(C(=O)O[C@H]2CO[C@H]3OCC[C@H]32)[C@H]1Cc1ccc(OCCNC(=O)OC(C)(C)C)cc1)S(=O)(=O)c1ccc2c(c1)OCO2. The van der Waals surface area contributed by atoms with Crippen molar-refractivity contribution in [3.63, 3.8) is 0 Å². The minimum Gasteiger partial charge on any atom is -0.508 e. The number of hydrogen-bond donors (Lipinski definition) is 4. The summed E-state index contributed by atoms with van der Waals surface area (Å²) in [5.41, 5.74) is -2.22. The fourth-order valence-corrected chi connectivity index (χ4v) is 17.8. The van der Waals surface area contributed by atoms with Crippen LogP contribution in [0.4, 0.5) is 24.0 Å². The van der Waals surface area contributed by atoms with Gasteiger partial charge in [-0.25, -0.2) is 40.8 Å². The van der Waals surface area contributed by atoms with E-state index < -0.39 is 127 Å². The number of amides is 6. The number of nitrogens with zero attached hydrogens (tertiary/aromatic N) is 6. The molecule has 6 fully saturated rings. The molecule has 0 bridgehead atoms. The van der Waals surface area contributed by atoms with E-state index >= 15 is 0 Å². The molecular formula is C83H120N8O28S2. The number of phenols is 1. The summed E-state index contributed by atoms with van der Waals surface area (Å²) >= 11 is 0. The molecule has 4 aromatic carbocycles. The number of nitrogens with one attached hydrogen (secondary N) is 2. The maximum atomic E-state index is 14.3. The fraction of sp³-hybridized carbons (Fsp3) is 0.639. The molecule has 4 aromatic rings. The number of carbonyl (C=O) groups excluding carboxylic acids is 6. The second-order valence-corrected chi connectivity index (χ2v) is 38.7. The third-order valence-electron chi connectivity index (χ3n) is 19.5. The number of fused-ring (bicyclic) bond motifs is 4. The first-order valence-corrected chi connectivity index (χ1v) is 43.4. The summed E-state index contributed by atoms with van der Waals surface area (Å²) < 4.78 is 150. The highest BCUT2D eigenvalue weighted by molar-refractivity contribution is 7.89. The lowest BCUT2D eigenvalue weighted by atomic mass is 9.99. The summed E-state index contributed by atoms with van der Waals surface area (Å²) in [6, 6.07) is 22.1. The first-order chi connectivity index (χ1) is 56.7. The van der Waals surface area contributed by atoms with Gasteiger partial charge in [-0.1, -0.05) is 57.1 Å². The summed E-state index contributed by atoms with van der Waals surface area (Å²) in [5, 5.41) is 29.3. The average Bonchev–Trinajstić information content (AvgIpc) is 1.61. The normalized spacial score (nSPS) is 23.0. The van der Waals surface area contributed by atoms with Gasteiger partial charge in [0.05, 0.1) is 85.5 Å². The maximum Gasteiger partial charge on any atom is 0.453 e. The van der Waals surface area contributed by atoms with E-state index in [1.807, 2.05) is 52.0 Å². The number of carbonyl (C=O) groups is 6. The Morgan fingerprint density at radius 1 is 0.554 bits per heavy atom. The van der Waals surface area contributed by atoms with Crippen molar-refractivity contribution < 1.29 is 132 Å². The predicted molar refractivity (Wildman–Crippen MR) is 434 cm³/mol. The third-order valence-corrected chi connectivity index (χ3v) is 23.2. The molecule has 0 aromatic heterocycles. The van der Waals surface area contributed by atoms with Crippen molar-refractivity contribution in [2.24, 2.45) is 33.9 Å². The molecule has 0 saturated carbocycles. The molecule has 6 saturated heterocycles. The lowest BCUT2D eigenvalue weighted by Gasteiger charge is -2.34. The van der Waals surface area contributed by atoms with E-state index in [0.29, 0.717) is 54.8 Å². The van der Waals surface area contributed by atoms with Gasteiger partial charge in [0.15, 0.2) is 35.6 Å². The predicted octanol–water partition coefficient (Wildman–Crippen LogP) is 11.0. The minimum absolute atomic E-state index is 0.00397. The van der Waals surface area contributed by atoms with Crippen molar-refractivity contribution in [1.29, 1.82) is 0 Å². The molecule has 38 heteroatoms. The Labute approximate surface area is 708 Å². The van der Waals surface area contributed by atoms with Gasteiger partial charge in [0.1, 0.15) is 58.6 Å². The smallest absolute Gasteiger partial charge is 0.453 e. The van der Waals surface area contributed by atoms with E-state index in [2.05, 4.69) is 20.9 Å². The molecule has 0 unspecified atom stereocenters. The number of aliphatic hydroxyl groups is 1. The summed E-state index contributed by atoms with van der Waals surface area (Å²) in [6.07, 6.45) is -3.98. The van der Waals surface area contributed by atoms with Crippen LogP contribution >= 0.6 is 0 Å². The molecule has 36 nitrogen and oxygen atoms in total. The molecule has 8 aliphatic rings. The first kappa shape index (κ1) is 95.9. The van der Waals surface area contributed by atoms with Gasteiger partial charge in [-0.3, -0.25) is 14.6 Å². The number of phenolic OH excluding ortho intramolecular Hbond substituents is 1. The number of ether oxygens (including phenoxy) is 16. The number of aromatic hydroxyl groups is 1. The molecule has 8 heterocycles. The van der Waals surface area contributed by atoms with Crippen molar-refractivity contribution >= 4 is 56.4 Å². The Morgan fingerprint density at radius 2 is 0.959 bits per heavy atom. The average molecular weight is 1740 g/mol. The van der Waals surface area contributed by atoms with Gasteiger partial charge in [-0.05, 0) is 187 Å². The summed E-state index contributed by atoms with van der Waals surface area (Å²) in [6.45, 7) is 34.7. The first-order valence-electron chi connectivity index (χ1n) is 40.5. The largest absolute Gasteiger partial charge is 0.508 e. The molecule has 0 aliphatic carbocycles. The van der Waals surface area contributed by atoms with Gasteiger partial charge in [0.2, 0.25) is 33.6 Å². The topological polar surface area (TPSA) is 421 Å². The highest BCUT2D eigenvalue weighted by Gasteiger charge is 2.56. The molecule has 6 amide bonds. The molecular weight excluding hydrogens is 1620 g/mol. The number of aliphatic hydroxyl groups excluding tert-OH is 1. The molecule has 672 valence electrons. The number of azo groups is 1. The second-order valence-electron chi connectivity index (χ2n) is 34.8. The quantitative estimate of drug-likeness (QED) is 0.0287. The monoisotopic (exact) mass is 1740 g/mol. The highest BCUT2D eigenvalue weighted by atomic mass is 32.2. The van der Waals surface area contributed by atoms with Crippen LogP contribution < -0.4 is 34.3 Å². The zero-order valence-corrected chi connectivity index (χ0v) is 73.9. The Morgan fingerprint density at radius 3 is 1.36 bits per heavy atom. The maximum absolute atomic E-state index is 14.3. The lowest BCUT2D eigenvalue weighted by Crippen LogP contribution is -2.51. The molecule has 10 atom stereocenters. The van der Waals surface area contributed by atoms with Crippen molar-refractivity contribution in [3.05, 3.63) is 96.1 Å². The molecule has 8 aliphatic heterocycles. The van der Waals surface area contributed by atoms with E-state index in [-0.39, 0.29) is 125 Å². The van der Waals surface area contributed by atoms with Crippen LogP contribution in [0.3, 0.4) is 0 Å². The summed E-state index contributed by atoms with van der Waals surface area (Å²) in [5.74, 6) is 1.79. The van der Waals surface area contributed by atoms with Crippen LogP contribution in [0.1, 0.15) is 149 Å². The molecule has 0 radical (unpaired) electrons. The number of hydrogen-bond acceptors (Lipinski definition) is 28. The van der Waals surface area contributed by atoms with Gasteiger partial charge in [0, 0.05) is 51.8 Å². The Hall–Kier alpha value is -8.96. The number of benzene rings is 4. The molecule has 4 N–H and O–H groups in total. The summed E-state index contributed by atoms with van der Waals surface area (Å²) in [7, 11) is -8.03. The molecule has 121 heavy (non-hydrogen) atoms.